The number of nitrogens with zero attached hydrogens (tertiary/aromatic N) is 2. The Hall–Kier alpha value is -4.31. The van der Waals surface area contributed by atoms with Crippen LogP contribution in [0.5, 0.6) is 0 Å². The normalized spacial score (nSPS) is 12.1. The molecule has 0 saturated heterocycles. The number of amides is 1. The lowest BCUT2D eigenvalue weighted by Crippen LogP contribution is -2.20. The van der Waals surface area contributed by atoms with Gasteiger partial charge in [-0.3, -0.25) is 4.79 Å². The third-order valence-electron chi connectivity index (χ3n) is 6.87. The minimum atomic E-state index is -0.0725. The average molecular weight is 470 g/mol. The van der Waals surface area contributed by atoms with E-state index in [9.17, 15) is 4.79 Å². The van der Waals surface area contributed by atoms with Gasteiger partial charge in [0, 0.05) is 5.56 Å². The Balaban J connectivity index is 1.30. The third-order valence-corrected chi connectivity index (χ3v) is 6.87. The van der Waals surface area contributed by atoms with E-state index < -0.39 is 0 Å². The molecule has 4 nitrogen and oxygen atoms in total. The summed E-state index contributed by atoms with van der Waals surface area (Å²) in [6.45, 7) is 0. The molecule has 0 saturated carbocycles. The van der Waals surface area contributed by atoms with Crippen LogP contribution in [0.15, 0.2) is 97.1 Å². The molecule has 0 fully saturated rings. The SMILES string of the molecule is O=C(Cc1ccc2ccccc2c1)Nc1nc2c(nc1CCc1ccccc1)-c1ccccc1CC2. The summed E-state index contributed by atoms with van der Waals surface area (Å²) in [7, 11) is 0. The lowest BCUT2D eigenvalue weighted by molar-refractivity contribution is -0.115. The highest BCUT2D eigenvalue weighted by molar-refractivity contribution is 5.93. The van der Waals surface area contributed by atoms with Crippen molar-refractivity contribution >= 4 is 22.5 Å². The molecule has 5 aromatic rings. The highest BCUT2D eigenvalue weighted by Crippen LogP contribution is 2.33. The van der Waals surface area contributed by atoms with Crippen molar-refractivity contribution in [2.45, 2.75) is 32.1 Å². The molecule has 4 aromatic carbocycles. The van der Waals surface area contributed by atoms with E-state index in [1.165, 1.54) is 16.5 Å². The minimum Gasteiger partial charge on any atom is -0.309 e. The molecule has 176 valence electrons. The number of anilines is 1. The molecule has 1 aliphatic carbocycles. The maximum Gasteiger partial charge on any atom is 0.229 e. The van der Waals surface area contributed by atoms with Crippen molar-refractivity contribution in [1.82, 2.24) is 9.97 Å². The Morgan fingerprint density at radius 2 is 1.50 bits per heavy atom. The smallest absolute Gasteiger partial charge is 0.229 e. The van der Waals surface area contributed by atoms with Crippen LogP contribution in [0.2, 0.25) is 0 Å². The molecule has 36 heavy (non-hydrogen) atoms. The first kappa shape index (κ1) is 22.2. The molecule has 0 unspecified atom stereocenters. The molecule has 1 N–H and O–H groups in total. The van der Waals surface area contributed by atoms with Crippen LogP contribution < -0.4 is 5.32 Å². The van der Waals surface area contributed by atoms with Crippen LogP contribution in [0.25, 0.3) is 22.0 Å². The summed E-state index contributed by atoms with van der Waals surface area (Å²) in [4.78, 5) is 23.2. The van der Waals surface area contributed by atoms with Crippen molar-refractivity contribution in [2.75, 3.05) is 5.32 Å². The topological polar surface area (TPSA) is 54.9 Å². The largest absolute Gasteiger partial charge is 0.309 e. The first-order valence-electron chi connectivity index (χ1n) is 12.5. The van der Waals surface area contributed by atoms with Gasteiger partial charge in [-0.05, 0) is 53.1 Å². The lowest BCUT2D eigenvalue weighted by Gasteiger charge is -2.21. The second-order valence-corrected chi connectivity index (χ2v) is 9.36. The van der Waals surface area contributed by atoms with Gasteiger partial charge in [-0.25, -0.2) is 9.97 Å². The van der Waals surface area contributed by atoms with Gasteiger partial charge >= 0.3 is 0 Å². The zero-order chi connectivity index (χ0) is 24.3. The molecule has 0 radical (unpaired) electrons. The van der Waals surface area contributed by atoms with Gasteiger partial charge in [0.05, 0.1) is 23.5 Å². The van der Waals surface area contributed by atoms with E-state index in [1.807, 2.05) is 24.3 Å². The Morgan fingerprint density at radius 1 is 0.722 bits per heavy atom. The van der Waals surface area contributed by atoms with E-state index >= 15 is 0 Å². The molecule has 1 aliphatic rings. The van der Waals surface area contributed by atoms with Crippen LogP contribution >= 0.6 is 0 Å². The number of hydrogen-bond acceptors (Lipinski definition) is 3. The molecule has 4 heteroatoms. The molecular weight excluding hydrogens is 442 g/mol. The van der Waals surface area contributed by atoms with Gasteiger partial charge < -0.3 is 5.32 Å². The second-order valence-electron chi connectivity index (χ2n) is 9.36. The molecule has 1 heterocycles. The third kappa shape index (κ3) is 4.63. The fourth-order valence-electron chi connectivity index (χ4n) is 5.01. The molecule has 0 aliphatic heterocycles. The van der Waals surface area contributed by atoms with Crippen molar-refractivity contribution in [3.05, 3.63) is 125 Å². The van der Waals surface area contributed by atoms with Crippen molar-refractivity contribution in [3.63, 3.8) is 0 Å². The monoisotopic (exact) mass is 469 g/mol. The van der Waals surface area contributed by atoms with Crippen LogP contribution in [0.3, 0.4) is 0 Å². The van der Waals surface area contributed by atoms with E-state index in [1.54, 1.807) is 0 Å². The van der Waals surface area contributed by atoms with Gasteiger partial charge in [-0.2, -0.15) is 0 Å². The van der Waals surface area contributed by atoms with E-state index in [-0.39, 0.29) is 5.91 Å². The first-order valence-corrected chi connectivity index (χ1v) is 12.5. The van der Waals surface area contributed by atoms with Crippen LogP contribution in [0, 0.1) is 0 Å². The van der Waals surface area contributed by atoms with Gasteiger partial charge in [0.2, 0.25) is 5.91 Å². The summed E-state index contributed by atoms with van der Waals surface area (Å²) in [6, 6.07) is 33.2. The van der Waals surface area contributed by atoms with Crippen LogP contribution in [-0.4, -0.2) is 15.9 Å². The summed E-state index contributed by atoms with van der Waals surface area (Å²) in [6.07, 6.45) is 3.60. The molecule has 1 aromatic heterocycles. The molecule has 0 bridgehead atoms. The number of nitrogens with one attached hydrogen (secondary N) is 1. The number of rotatable bonds is 6. The minimum absolute atomic E-state index is 0.0725. The maximum absolute atomic E-state index is 13.1. The summed E-state index contributed by atoms with van der Waals surface area (Å²) in [5.74, 6) is 0.520. The van der Waals surface area contributed by atoms with Gasteiger partial charge in [-0.1, -0.05) is 97.1 Å². The van der Waals surface area contributed by atoms with E-state index in [4.69, 9.17) is 9.97 Å². The fraction of sp³-hybridized carbons (Fsp3) is 0.156. The molecule has 6 rings (SSSR count). The predicted octanol–water partition coefficient (Wildman–Crippen LogP) is 6.36. The molecule has 0 atom stereocenters. The zero-order valence-corrected chi connectivity index (χ0v) is 20.1. The highest BCUT2D eigenvalue weighted by Gasteiger charge is 2.22. The van der Waals surface area contributed by atoms with Crippen LogP contribution in [0.1, 0.15) is 28.1 Å². The summed E-state index contributed by atoms with van der Waals surface area (Å²) >= 11 is 0. The maximum atomic E-state index is 13.1. The summed E-state index contributed by atoms with van der Waals surface area (Å²) in [5, 5.41) is 5.41. The number of aryl methyl sites for hydroxylation is 4. The van der Waals surface area contributed by atoms with Crippen LogP contribution in [0.4, 0.5) is 5.82 Å². The lowest BCUT2D eigenvalue weighted by atomic mass is 9.91. The first-order chi connectivity index (χ1) is 17.7. The Labute approximate surface area is 211 Å². The van der Waals surface area contributed by atoms with E-state index in [2.05, 4.69) is 78.1 Å². The van der Waals surface area contributed by atoms with Crippen molar-refractivity contribution in [3.8, 4) is 11.3 Å². The second kappa shape index (κ2) is 9.74. The predicted molar refractivity (Wildman–Crippen MR) is 145 cm³/mol. The number of fused-ring (bicyclic) bond motifs is 4. The highest BCUT2D eigenvalue weighted by atomic mass is 16.1. The van der Waals surface area contributed by atoms with Crippen LogP contribution in [-0.2, 0) is 36.9 Å². The van der Waals surface area contributed by atoms with E-state index in [0.717, 1.165) is 52.9 Å². The van der Waals surface area contributed by atoms with Crippen molar-refractivity contribution in [2.24, 2.45) is 0 Å². The number of carbonyl (C=O) groups is 1. The number of hydrogen-bond donors (Lipinski definition) is 1. The Kier molecular flexibility index (Phi) is 6.00. The summed E-state index contributed by atoms with van der Waals surface area (Å²) < 4.78 is 0. The zero-order valence-electron chi connectivity index (χ0n) is 20.1. The van der Waals surface area contributed by atoms with Gasteiger partial charge in [0.1, 0.15) is 0 Å². The number of benzene rings is 4. The molecule has 0 spiro atoms. The van der Waals surface area contributed by atoms with Crippen molar-refractivity contribution < 1.29 is 4.79 Å². The Bertz CT molecular complexity index is 1560. The average Bonchev–Trinajstić information content (AvgIpc) is 2.92. The molecule has 1 amide bonds. The Morgan fingerprint density at radius 3 is 2.39 bits per heavy atom. The fourth-order valence-corrected chi connectivity index (χ4v) is 5.01. The van der Waals surface area contributed by atoms with Gasteiger partial charge in [-0.15, -0.1) is 0 Å². The quantitative estimate of drug-likeness (QED) is 0.315. The summed E-state index contributed by atoms with van der Waals surface area (Å²) in [5.41, 5.74) is 7.43. The number of aromatic nitrogens is 2. The number of carbonyl (C=O) groups excluding carboxylic acids is 1. The molecular formula is C32H27N3O. The van der Waals surface area contributed by atoms with Crippen molar-refractivity contribution in [1.29, 1.82) is 0 Å². The van der Waals surface area contributed by atoms with E-state index in [0.29, 0.717) is 18.7 Å². The standard InChI is InChI=1S/C32H27N3O/c36-30(21-23-14-16-24-10-4-5-12-26(24)20-23)35-32-29(18-15-22-8-2-1-3-9-22)33-31-27-13-7-6-11-25(27)17-19-28(31)34-32/h1-14,16,20H,15,17-19,21H2,(H,34,35,36). The van der Waals surface area contributed by atoms with Gasteiger partial charge in [0.15, 0.2) is 5.82 Å². The van der Waals surface area contributed by atoms with Gasteiger partial charge in [0.25, 0.3) is 0 Å².